The van der Waals surface area contributed by atoms with Crippen LogP contribution < -0.4 is 10.1 Å². The molecule has 0 bridgehead atoms. The van der Waals surface area contributed by atoms with Gasteiger partial charge in [-0.15, -0.1) is 0 Å². The number of hydrogen-bond donors (Lipinski definition) is 1. The summed E-state index contributed by atoms with van der Waals surface area (Å²) in [6, 6.07) is 6.63. The third kappa shape index (κ3) is 3.30. The van der Waals surface area contributed by atoms with Crippen LogP contribution >= 0.6 is 0 Å². The lowest BCUT2D eigenvalue weighted by Gasteiger charge is -2.37. The van der Waals surface area contributed by atoms with E-state index in [1.807, 2.05) is 0 Å². The molecule has 2 heteroatoms. The maximum Gasteiger partial charge on any atom is 0.122 e. The van der Waals surface area contributed by atoms with Gasteiger partial charge in [-0.1, -0.05) is 38.3 Å². The summed E-state index contributed by atoms with van der Waals surface area (Å²) in [7, 11) is 3.89. The van der Waals surface area contributed by atoms with Crippen LogP contribution in [0.15, 0.2) is 18.2 Å². The van der Waals surface area contributed by atoms with E-state index in [0.29, 0.717) is 0 Å². The van der Waals surface area contributed by atoms with E-state index in [1.165, 1.54) is 43.2 Å². The van der Waals surface area contributed by atoms with Gasteiger partial charge in [-0.3, -0.25) is 0 Å². The Hall–Kier alpha value is -1.02. The van der Waals surface area contributed by atoms with Gasteiger partial charge in [0.1, 0.15) is 5.75 Å². The van der Waals surface area contributed by atoms with Crippen molar-refractivity contribution < 1.29 is 4.74 Å². The zero-order valence-corrected chi connectivity index (χ0v) is 12.6. The fraction of sp³-hybridized carbons (Fsp3) is 0.647. The standard InChI is InChI=1S/C17H27NO/c1-4-14-8-9-16(19-3)15(12-14)13-17(18-2)10-6-5-7-11-17/h8-9,12,18H,4-7,10-11,13H2,1-3H3. The molecule has 1 N–H and O–H groups in total. The van der Waals surface area contributed by atoms with E-state index in [4.69, 9.17) is 4.74 Å². The lowest BCUT2D eigenvalue weighted by Crippen LogP contribution is -2.46. The van der Waals surface area contributed by atoms with Crippen molar-refractivity contribution in [1.82, 2.24) is 5.32 Å². The lowest BCUT2D eigenvalue weighted by atomic mass is 9.77. The van der Waals surface area contributed by atoms with Crippen molar-refractivity contribution in [3.8, 4) is 5.75 Å². The Morgan fingerprint density at radius 2 is 1.95 bits per heavy atom. The molecule has 19 heavy (non-hydrogen) atoms. The molecule has 106 valence electrons. The van der Waals surface area contributed by atoms with Crippen LogP contribution in [0, 0.1) is 0 Å². The van der Waals surface area contributed by atoms with Crippen LogP contribution in [0.1, 0.15) is 50.2 Å². The summed E-state index contributed by atoms with van der Waals surface area (Å²) in [5, 5.41) is 3.60. The summed E-state index contributed by atoms with van der Waals surface area (Å²) in [6.07, 6.45) is 8.80. The first-order valence-corrected chi connectivity index (χ1v) is 7.58. The van der Waals surface area contributed by atoms with E-state index in [1.54, 1.807) is 7.11 Å². The SMILES string of the molecule is CCc1ccc(OC)c(CC2(NC)CCCCC2)c1. The molecule has 0 amide bonds. The third-order valence-electron chi connectivity index (χ3n) is 4.62. The Morgan fingerprint density at radius 1 is 1.21 bits per heavy atom. The Labute approximate surface area is 117 Å². The molecule has 0 radical (unpaired) electrons. The van der Waals surface area contributed by atoms with Crippen molar-refractivity contribution in [3.05, 3.63) is 29.3 Å². The molecule has 1 aromatic carbocycles. The average molecular weight is 261 g/mol. The van der Waals surface area contributed by atoms with Crippen molar-refractivity contribution in [2.75, 3.05) is 14.2 Å². The van der Waals surface area contributed by atoms with Crippen LogP contribution in [0.2, 0.25) is 0 Å². The fourth-order valence-electron chi connectivity index (χ4n) is 3.30. The van der Waals surface area contributed by atoms with Gasteiger partial charge in [-0.05, 0) is 49.9 Å². The summed E-state index contributed by atoms with van der Waals surface area (Å²) >= 11 is 0. The molecule has 1 aromatic rings. The number of rotatable bonds is 5. The van der Waals surface area contributed by atoms with Gasteiger partial charge < -0.3 is 10.1 Å². The molecule has 1 fully saturated rings. The average Bonchev–Trinajstić information content (AvgIpc) is 2.48. The van der Waals surface area contributed by atoms with Crippen molar-refractivity contribution in [1.29, 1.82) is 0 Å². The van der Waals surface area contributed by atoms with Crippen molar-refractivity contribution in [2.45, 2.75) is 57.4 Å². The molecule has 0 aliphatic heterocycles. The number of nitrogens with one attached hydrogen (secondary N) is 1. The predicted octanol–water partition coefficient (Wildman–Crippen LogP) is 3.72. The highest BCUT2D eigenvalue weighted by Gasteiger charge is 2.31. The Kier molecular flexibility index (Phi) is 4.87. The monoisotopic (exact) mass is 261 g/mol. The van der Waals surface area contributed by atoms with E-state index in [9.17, 15) is 0 Å². The molecular weight excluding hydrogens is 234 g/mol. The van der Waals surface area contributed by atoms with Crippen LogP contribution in [0.4, 0.5) is 0 Å². The number of benzene rings is 1. The number of likely N-dealkylation sites (N-methyl/N-ethyl adjacent to an activating group) is 1. The first kappa shape index (κ1) is 14.4. The van der Waals surface area contributed by atoms with Crippen LogP contribution in [0.5, 0.6) is 5.75 Å². The maximum atomic E-state index is 5.55. The lowest BCUT2D eigenvalue weighted by molar-refractivity contribution is 0.242. The Bertz CT molecular complexity index is 408. The second-order valence-electron chi connectivity index (χ2n) is 5.77. The maximum absolute atomic E-state index is 5.55. The minimum Gasteiger partial charge on any atom is -0.496 e. The second kappa shape index (κ2) is 6.42. The summed E-state index contributed by atoms with van der Waals surface area (Å²) < 4.78 is 5.55. The molecule has 0 aromatic heterocycles. The van der Waals surface area contributed by atoms with Gasteiger partial charge in [-0.2, -0.15) is 0 Å². The number of aryl methyl sites for hydroxylation is 1. The van der Waals surface area contributed by atoms with Crippen molar-refractivity contribution in [2.24, 2.45) is 0 Å². The first-order valence-electron chi connectivity index (χ1n) is 7.58. The van der Waals surface area contributed by atoms with Crippen LogP contribution in [0.25, 0.3) is 0 Å². The molecule has 1 saturated carbocycles. The molecule has 1 aliphatic carbocycles. The van der Waals surface area contributed by atoms with Crippen LogP contribution in [-0.4, -0.2) is 19.7 Å². The largest absolute Gasteiger partial charge is 0.496 e. The minimum atomic E-state index is 0.276. The molecule has 0 saturated heterocycles. The molecule has 1 aliphatic rings. The van der Waals surface area contributed by atoms with Gasteiger partial charge in [0.2, 0.25) is 0 Å². The minimum absolute atomic E-state index is 0.276. The van der Waals surface area contributed by atoms with Crippen LogP contribution in [-0.2, 0) is 12.8 Å². The highest BCUT2D eigenvalue weighted by Crippen LogP contribution is 2.34. The predicted molar refractivity (Wildman–Crippen MR) is 81.0 cm³/mol. The number of methoxy groups -OCH3 is 1. The zero-order valence-electron chi connectivity index (χ0n) is 12.6. The highest BCUT2D eigenvalue weighted by atomic mass is 16.5. The molecule has 0 atom stereocenters. The van der Waals surface area contributed by atoms with E-state index in [2.05, 4.69) is 37.5 Å². The van der Waals surface area contributed by atoms with Gasteiger partial charge >= 0.3 is 0 Å². The molecule has 0 spiro atoms. The number of ether oxygens (including phenoxy) is 1. The van der Waals surface area contributed by atoms with E-state index < -0.39 is 0 Å². The van der Waals surface area contributed by atoms with Gasteiger partial charge in [0, 0.05) is 5.54 Å². The topological polar surface area (TPSA) is 21.3 Å². The van der Waals surface area contributed by atoms with Gasteiger partial charge in [0.25, 0.3) is 0 Å². The van der Waals surface area contributed by atoms with Crippen LogP contribution in [0.3, 0.4) is 0 Å². The Balaban J connectivity index is 2.24. The summed E-state index contributed by atoms with van der Waals surface area (Å²) in [5.41, 5.74) is 3.04. The van der Waals surface area contributed by atoms with Gasteiger partial charge in [0.15, 0.2) is 0 Å². The van der Waals surface area contributed by atoms with E-state index >= 15 is 0 Å². The molecule has 0 heterocycles. The summed E-state index contributed by atoms with van der Waals surface area (Å²) in [4.78, 5) is 0. The fourth-order valence-corrected chi connectivity index (χ4v) is 3.30. The van der Waals surface area contributed by atoms with Gasteiger partial charge in [0.05, 0.1) is 7.11 Å². The van der Waals surface area contributed by atoms with Gasteiger partial charge in [-0.25, -0.2) is 0 Å². The molecule has 0 unspecified atom stereocenters. The first-order chi connectivity index (χ1) is 9.23. The summed E-state index contributed by atoms with van der Waals surface area (Å²) in [5.74, 6) is 1.04. The second-order valence-corrected chi connectivity index (χ2v) is 5.77. The van der Waals surface area contributed by atoms with Crippen molar-refractivity contribution >= 4 is 0 Å². The smallest absolute Gasteiger partial charge is 0.122 e. The molecule has 2 nitrogen and oxygen atoms in total. The normalized spacial score (nSPS) is 18.3. The molecule has 2 rings (SSSR count). The molecular formula is C17H27NO. The van der Waals surface area contributed by atoms with Crippen molar-refractivity contribution in [3.63, 3.8) is 0 Å². The Morgan fingerprint density at radius 3 is 2.53 bits per heavy atom. The quantitative estimate of drug-likeness (QED) is 0.872. The van der Waals surface area contributed by atoms with E-state index in [-0.39, 0.29) is 5.54 Å². The third-order valence-corrected chi connectivity index (χ3v) is 4.62. The summed E-state index contributed by atoms with van der Waals surface area (Å²) in [6.45, 7) is 2.21. The van der Waals surface area contributed by atoms with E-state index in [0.717, 1.165) is 18.6 Å². The highest BCUT2D eigenvalue weighted by molar-refractivity contribution is 5.38. The zero-order chi connectivity index (χ0) is 13.7. The number of hydrogen-bond acceptors (Lipinski definition) is 2.